The van der Waals surface area contributed by atoms with E-state index in [0.717, 1.165) is 5.56 Å². The largest absolute Gasteiger partial charge is 0.495 e. The molecule has 0 aliphatic heterocycles. The quantitative estimate of drug-likeness (QED) is 0.513. The Bertz CT molecular complexity index is 1200. The number of amides is 1. The zero-order valence-electron chi connectivity index (χ0n) is 16.1. The summed E-state index contributed by atoms with van der Waals surface area (Å²) in [5.74, 6) is 0.0639. The van der Waals surface area contributed by atoms with Crippen molar-refractivity contribution in [2.75, 3.05) is 17.1 Å². The minimum atomic E-state index is -3.81. The van der Waals surface area contributed by atoms with Crippen molar-refractivity contribution in [1.82, 2.24) is 0 Å². The molecule has 0 aliphatic rings. The molecule has 0 heterocycles. The van der Waals surface area contributed by atoms with Crippen LogP contribution < -0.4 is 14.8 Å². The predicted octanol–water partition coefficient (Wildman–Crippen LogP) is 5.36. The minimum Gasteiger partial charge on any atom is -0.495 e. The van der Waals surface area contributed by atoms with E-state index in [0.29, 0.717) is 16.5 Å². The second-order valence-electron chi connectivity index (χ2n) is 6.42. The van der Waals surface area contributed by atoms with Crippen molar-refractivity contribution in [3.05, 3.63) is 81.8 Å². The lowest BCUT2D eigenvalue weighted by Crippen LogP contribution is -2.15. The average molecular weight is 465 g/mol. The van der Waals surface area contributed by atoms with Crippen LogP contribution in [0.2, 0.25) is 10.0 Å². The molecule has 0 aliphatic carbocycles. The molecule has 0 unspecified atom stereocenters. The van der Waals surface area contributed by atoms with Crippen LogP contribution in [0, 0.1) is 6.92 Å². The van der Waals surface area contributed by atoms with Gasteiger partial charge in [-0.15, -0.1) is 0 Å². The van der Waals surface area contributed by atoms with Gasteiger partial charge in [0.1, 0.15) is 5.75 Å². The van der Waals surface area contributed by atoms with Crippen LogP contribution >= 0.6 is 23.2 Å². The van der Waals surface area contributed by atoms with Gasteiger partial charge < -0.3 is 10.1 Å². The molecule has 0 saturated heterocycles. The first-order valence-corrected chi connectivity index (χ1v) is 11.0. The fraction of sp³-hybridized carbons (Fsp3) is 0.0952. The third kappa shape index (κ3) is 5.05. The van der Waals surface area contributed by atoms with Gasteiger partial charge in [-0.2, -0.15) is 0 Å². The predicted molar refractivity (Wildman–Crippen MR) is 119 cm³/mol. The maximum Gasteiger partial charge on any atom is 0.261 e. The van der Waals surface area contributed by atoms with Crippen molar-refractivity contribution in [3.63, 3.8) is 0 Å². The molecule has 1 amide bonds. The summed E-state index contributed by atoms with van der Waals surface area (Å²) < 4.78 is 32.6. The van der Waals surface area contributed by atoms with Crippen LogP contribution in [0.25, 0.3) is 0 Å². The number of carbonyl (C=O) groups is 1. The molecule has 0 radical (unpaired) electrons. The highest BCUT2D eigenvalue weighted by Gasteiger charge is 2.17. The topological polar surface area (TPSA) is 84.5 Å². The van der Waals surface area contributed by atoms with Crippen molar-refractivity contribution < 1.29 is 17.9 Å². The van der Waals surface area contributed by atoms with Gasteiger partial charge in [0.05, 0.1) is 27.7 Å². The smallest absolute Gasteiger partial charge is 0.261 e. The van der Waals surface area contributed by atoms with E-state index >= 15 is 0 Å². The van der Waals surface area contributed by atoms with Gasteiger partial charge in [-0.3, -0.25) is 9.52 Å². The molecular formula is C21H18Cl2N2O4S. The summed E-state index contributed by atoms with van der Waals surface area (Å²) in [5.41, 5.74) is 1.85. The van der Waals surface area contributed by atoms with Crippen LogP contribution in [0.5, 0.6) is 5.75 Å². The molecule has 30 heavy (non-hydrogen) atoms. The van der Waals surface area contributed by atoms with Crippen LogP contribution in [0.4, 0.5) is 11.4 Å². The van der Waals surface area contributed by atoms with Crippen molar-refractivity contribution in [2.45, 2.75) is 11.8 Å². The van der Waals surface area contributed by atoms with E-state index in [9.17, 15) is 13.2 Å². The Morgan fingerprint density at radius 1 is 0.933 bits per heavy atom. The standard InChI is InChI=1S/C21H18Cl2N2O4S/c1-13-3-7-16(8-4-13)30(27,28)25-19-9-5-14(11-17(19)22)21(26)24-15-6-10-20(29-2)18(23)12-15/h3-12,25H,1-2H3,(H,24,26). The molecule has 3 aromatic carbocycles. The summed E-state index contributed by atoms with van der Waals surface area (Å²) in [6.45, 7) is 1.87. The highest BCUT2D eigenvalue weighted by atomic mass is 35.5. The molecule has 0 saturated carbocycles. The summed E-state index contributed by atoms with van der Waals surface area (Å²) >= 11 is 12.3. The number of anilines is 2. The van der Waals surface area contributed by atoms with Gasteiger partial charge in [0.2, 0.25) is 0 Å². The van der Waals surface area contributed by atoms with E-state index in [4.69, 9.17) is 27.9 Å². The van der Waals surface area contributed by atoms with Gasteiger partial charge >= 0.3 is 0 Å². The lowest BCUT2D eigenvalue weighted by molar-refractivity contribution is 0.102. The van der Waals surface area contributed by atoms with Crippen LogP contribution in [-0.2, 0) is 10.0 Å². The van der Waals surface area contributed by atoms with Gasteiger partial charge in [-0.05, 0) is 55.5 Å². The summed E-state index contributed by atoms with van der Waals surface area (Å²) in [5, 5.41) is 3.14. The molecule has 0 aromatic heterocycles. The van der Waals surface area contributed by atoms with Crippen molar-refractivity contribution in [3.8, 4) is 5.75 Å². The Kier molecular flexibility index (Phi) is 6.55. The highest BCUT2D eigenvalue weighted by molar-refractivity contribution is 7.92. The Balaban J connectivity index is 1.76. The molecule has 0 fully saturated rings. The lowest BCUT2D eigenvalue weighted by Gasteiger charge is -2.12. The molecule has 3 aromatic rings. The number of hydrogen-bond acceptors (Lipinski definition) is 4. The van der Waals surface area contributed by atoms with E-state index in [-0.39, 0.29) is 21.2 Å². The summed E-state index contributed by atoms with van der Waals surface area (Å²) in [6.07, 6.45) is 0. The van der Waals surface area contributed by atoms with Gasteiger partial charge in [0, 0.05) is 11.3 Å². The molecule has 0 atom stereocenters. The number of sulfonamides is 1. The number of carbonyl (C=O) groups excluding carboxylic acids is 1. The number of nitrogens with one attached hydrogen (secondary N) is 2. The van der Waals surface area contributed by atoms with Crippen molar-refractivity contribution in [1.29, 1.82) is 0 Å². The van der Waals surface area contributed by atoms with E-state index in [1.54, 1.807) is 30.3 Å². The molecule has 0 bridgehead atoms. The van der Waals surface area contributed by atoms with E-state index in [2.05, 4.69) is 10.0 Å². The fourth-order valence-electron chi connectivity index (χ4n) is 2.61. The first-order valence-electron chi connectivity index (χ1n) is 8.73. The Morgan fingerprint density at radius 3 is 2.23 bits per heavy atom. The number of rotatable bonds is 6. The van der Waals surface area contributed by atoms with Crippen LogP contribution in [0.15, 0.2) is 65.6 Å². The van der Waals surface area contributed by atoms with Crippen molar-refractivity contribution in [2.24, 2.45) is 0 Å². The average Bonchev–Trinajstić information content (AvgIpc) is 2.70. The molecule has 156 valence electrons. The monoisotopic (exact) mass is 464 g/mol. The first kappa shape index (κ1) is 22.0. The maximum atomic E-state index is 12.5. The number of methoxy groups -OCH3 is 1. The normalized spacial score (nSPS) is 11.1. The van der Waals surface area contributed by atoms with Gasteiger partial charge in [-0.25, -0.2) is 8.42 Å². The third-order valence-electron chi connectivity index (χ3n) is 4.22. The zero-order chi connectivity index (χ0) is 21.9. The fourth-order valence-corrected chi connectivity index (χ4v) is 4.23. The summed E-state index contributed by atoms with van der Waals surface area (Å²) in [4.78, 5) is 12.6. The van der Waals surface area contributed by atoms with Gasteiger partial charge in [0.15, 0.2) is 0 Å². The second-order valence-corrected chi connectivity index (χ2v) is 8.91. The third-order valence-corrected chi connectivity index (χ3v) is 6.21. The number of halogens is 2. The first-order chi connectivity index (χ1) is 14.2. The number of ether oxygens (including phenoxy) is 1. The van der Waals surface area contributed by atoms with Gasteiger partial charge in [0.25, 0.3) is 15.9 Å². The minimum absolute atomic E-state index is 0.0890. The van der Waals surface area contributed by atoms with E-state index in [1.807, 2.05) is 6.92 Å². The SMILES string of the molecule is COc1ccc(NC(=O)c2ccc(NS(=O)(=O)c3ccc(C)cc3)c(Cl)c2)cc1Cl. The summed E-state index contributed by atoms with van der Waals surface area (Å²) in [6, 6.07) is 15.6. The molecule has 0 spiro atoms. The van der Waals surface area contributed by atoms with Crippen molar-refractivity contribution >= 4 is 50.5 Å². The molecule has 6 nitrogen and oxygen atoms in total. The van der Waals surface area contributed by atoms with Crippen LogP contribution in [-0.4, -0.2) is 21.4 Å². The number of aryl methyl sites for hydroxylation is 1. The second kappa shape index (κ2) is 8.95. The Morgan fingerprint density at radius 2 is 1.63 bits per heavy atom. The zero-order valence-corrected chi connectivity index (χ0v) is 18.4. The van der Waals surface area contributed by atoms with Crippen LogP contribution in [0.1, 0.15) is 15.9 Å². The molecule has 3 rings (SSSR count). The highest BCUT2D eigenvalue weighted by Crippen LogP contribution is 2.29. The Hall–Kier alpha value is -2.74. The lowest BCUT2D eigenvalue weighted by atomic mass is 10.2. The molecule has 2 N–H and O–H groups in total. The van der Waals surface area contributed by atoms with E-state index < -0.39 is 15.9 Å². The van der Waals surface area contributed by atoms with Crippen LogP contribution in [0.3, 0.4) is 0 Å². The van der Waals surface area contributed by atoms with E-state index in [1.165, 1.54) is 37.4 Å². The molecule has 9 heteroatoms. The van der Waals surface area contributed by atoms with Gasteiger partial charge in [-0.1, -0.05) is 40.9 Å². The number of hydrogen-bond donors (Lipinski definition) is 2. The number of benzene rings is 3. The maximum absolute atomic E-state index is 12.5. The Labute approximate surface area is 184 Å². The molecular weight excluding hydrogens is 447 g/mol. The summed E-state index contributed by atoms with van der Waals surface area (Å²) in [7, 11) is -2.31.